The molecule has 0 aromatic carbocycles. The van der Waals surface area contributed by atoms with Gasteiger partial charge in [-0.05, 0) is 16.1 Å². The van der Waals surface area contributed by atoms with Gasteiger partial charge in [-0.25, -0.2) is 0 Å². The zero-order valence-corrected chi connectivity index (χ0v) is 6.92. The van der Waals surface area contributed by atoms with Gasteiger partial charge in [0.25, 0.3) is 0 Å². The van der Waals surface area contributed by atoms with E-state index in [1.54, 1.807) is 6.92 Å². The fourth-order valence-corrected chi connectivity index (χ4v) is 0.803. The van der Waals surface area contributed by atoms with Crippen LogP contribution in [0.2, 0.25) is 0 Å². The Bertz CT molecular complexity index is 95.8. The second kappa shape index (κ2) is 6.24. The molecule has 0 spiro atoms. The Morgan fingerprint density at radius 3 is 2.56 bits per heavy atom. The third kappa shape index (κ3) is 6.00. The van der Waals surface area contributed by atoms with Crippen LogP contribution in [0.25, 0.3) is 0 Å². The number of hydrogen-bond acceptors (Lipinski definition) is 4. The Balaban J connectivity index is 3.14. The summed E-state index contributed by atoms with van der Waals surface area (Å²) >= 11 is 0. The molecule has 0 amide bonds. The van der Waals surface area contributed by atoms with E-state index in [1.165, 1.54) is 0 Å². The van der Waals surface area contributed by atoms with Crippen LogP contribution in [-0.2, 0) is 18.2 Å². The average molecular weight is 170 g/mol. The molecule has 0 radical (unpaired) electrons. The third-order valence-electron chi connectivity index (χ3n) is 0.626. The van der Waals surface area contributed by atoms with Gasteiger partial charge in [0.15, 0.2) is 0 Å². The van der Waals surface area contributed by atoms with Crippen LogP contribution in [0.4, 0.5) is 0 Å². The molecule has 4 nitrogen and oxygen atoms in total. The summed E-state index contributed by atoms with van der Waals surface area (Å²) in [4.78, 5) is 0. The summed E-state index contributed by atoms with van der Waals surface area (Å²) < 4.78 is 28.5. The van der Waals surface area contributed by atoms with E-state index in [-0.39, 0.29) is 12.7 Å². The predicted molar refractivity (Wildman–Crippen MR) is 34.5 cm³/mol. The molecular weight excluding hydrogens is 162 g/mol. The number of rotatable bonds is 5. The molecule has 0 aliphatic carbocycles. The Morgan fingerprint density at radius 1 is 1.44 bits per heavy atom. The normalized spacial score (nSPS) is 14.3. The molecule has 3 unspecified atom stereocenters. The van der Waals surface area contributed by atoms with Crippen molar-refractivity contribution in [1.82, 2.24) is 0 Å². The maximum absolute atomic E-state index is 9.78. The lowest BCUT2D eigenvalue weighted by Gasteiger charge is -1.92. The monoisotopic (exact) mass is 170 g/mol. The topological polar surface area (TPSA) is 52.6 Å². The lowest BCUT2D eigenvalue weighted by atomic mass is 10.5. The van der Waals surface area contributed by atoms with Crippen molar-refractivity contribution < 1.29 is 18.2 Å². The first kappa shape index (κ1) is 9.12. The summed E-state index contributed by atoms with van der Waals surface area (Å²) in [6.07, 6.45) is -0.248. The smallest absolute Gasteiger partial charge is 0.145 e. The second-order valence-corrected chi connectivity index (χ2v) is 2.26. The average Bonchev–Trinajstić information content (AvgIpc) is 1.85. The summed E-state index contributed by atoms with van der Waals surface area (Å²) in [7, 11) is -1.55. The Morgan fingerprint density at radius 2 is 2.11 bits per heavy atom. The molecule has 0 aliphatic heterocycles. The molecule has 3 atom stereocenters. The van der Waals surface area contributed by atoms with Crippen molar-refractivity contribution in [2.24, 2.45) is 0 Å². The van der Waals surface area contributed by atoms with Crippen molar-refractivity contribution in [3.63, 3.8) is 0 Å². The summed E-state index contributed by atoms with van der Waals surface area (Å²) in [6, 6.07) is 0. The van der Waals surface area contributed by atoms with Gasteiger partial charge in [-0.3, -0.25) is 0 Å². The van der Waals surface area contributed by atoms with Crippen LogP contribution in [0.3, 0.4) is 0 Å². The predicted octanol–water partition coefficient (Wildman–Crippen LogP) is 1.29. The lowest BCUT2D eigenvalue weighted by molar-refractivity contribution is 0.166. The van der Waals surface area contributed by atoms with Gasteiger partial charge in [0.2, 0.25) is 0 Å². The minimum atomic E-state index is -0.780. The highest BCUT2D eigenvalue weighted by molar-refractivity contribution is 7.17. The van der Waals surface area contributed by atoms with Crippen LogP contribution in [0.5, 0.6) is 0 Å². The van der Waals surface area contributed by atoms with E-state index in [4.69, 9.17) is 0 Å². The molecule has 0 aromatic heterocycles. The van der Waals surface area contributed by atoms with Crippen LogP contribution < -0.4 is 0 Å². The first-order valence-electron chi connectivity index (χ1n) is 2.33. The lowest BCUT2D eigenvalue weighted by Crippen LogP contribution is -2.07. The van der Waals surface area contributed by atoms with Gasteiger partial charge >= 0.3 is 17.4 Å². The van der Waals surface area contributed by atoms with Gasteiger partial charge in [-0.2, -0.15) is 0 Å². The van der Waals surface area contributed by atoms with E-state index >= 15 is 0 Å². The maximum atomic E-state index is 9.78. The molecule has 6 heteroatoms. The minimum absolute atomic E-state index is 0.219. The highest BCUT2D eigenvalue weighted by atomic mass is 31.1. The van der Waals surface area contributed by atoms with Crippen LogP contribution >= 0.6 is 17.4 Å². The van der Waals surface area contributed by atoms with E-state index in [0.29, 0.717) is 0 Å². The number of hydrogen-bond donors (Lipinski definition) is 0. The molecule has 52 valence electrons. The molecule has 0 aromatic rings. The first-order chi connectivity index (χ1) is 4.31. The van der Waals surface area contributed by atoms with E-state index in [9.17, 15) is 9.13 Å². The van der Waals surface area contributed by atoms with E-state index in [2.05, 4.69) is 9.05 Å². The summed E-state index contributed by atoms with van der Waals surface area (Å²) in [5, 5.41) is 0. The second-order valence-electron chi connectivity index (χ2n) is 1.41. The van der Waals surface area contributed by atoms with Crippen molar-refractivity contribution in [1.29, 1.82) is 0 Å². The quantitative estimate of drug-likeness (QED) is 0.583. The summed E-state index contributed by atoms with van der Waals surface area (Å²) in [5.74, 6) is 0. The van der Waals surface area contributed by atoms with E-state index < -0.39 is 17.4 Å². The Kier molecular flexibility index (Phi) is 6.33. The van der Waals surface area contributed by atoms with Crippen LogP contribution in [0, 0.1) is 0 Å². The molecule has 0 rings (SSSR count). The van der Waals surface area contributed by atoms with Crippen molar-refractivity contribution >= 4 is 17.4 Å². The van der Waals surface area contributed by atoms with Crippen LogP contribution in [0.1, 0.15) is 6.92 Å². The van der Waals surface area contributed by atoms with Crippen LogP contribution in [-0.4, -0.2) is 12.7 Å². The molecule has 0 N–H and O–H groups in total. The van der Waals surface area contributed by atoms with Gasteiger partial charge in [-0.1, -0.05) is 0 Å². The van der Waals surface area contributed by atoms with Crippen molar-refractivity contribution in [3.8, 4) is 0 Å². The Hall–Kier alpha value is 0.120. The van der Waals surface area contributed by atoms with Gasteiger partial charge in [0.05, 0.1) is 0 Å². The SMILES string of the molecule is CC(CO[PH+]=O)O[PH+]=O. The van der Waals surface area contributed by atoms with E-state index in [0.717, 1.165) is 0 Å². The van der Waals surface area contributed by atoms with Crippen LogP contribution in [0.15, 0.2) is 0 Å². The fraction of sp³-hybridized carbons (Fsp3) is 1.00. The molecule has 0 aliphatic rings. The zero-order valence-electron chi connectivity index (χ0n) is 4.92. The van der Waals surface area contributed by atoms with Crippen molar-refractivity contribution in [2.45, 2.75) is 13.0 Å². The third-order valence-corrected chi connectivity index (χ3v) is 1.41. The zero-order chi connectivity index (χ0) is 7.11. The maximum Gasteiger partial charge on any atom is 0.494 e. The van der Waals surface area contributed by atoms with Gasteiger partial charge in [0, 0.05) is 0 Å². The molecule has 9 heavy (non-hydrogen) atoms. The largest absolute Gasteiger partial charge is 0.494 e. The highest BCUT2D eigenvalue weighted by Gasteiger charge is 2.08. The molecule has 0 saturated carbocycles. The summed E-state index contributed by atoms with van der Waals surface area (Å²) in [5.41, 5.74) is 0. The molecule has 0 heterocycles. The first-order valence-corrected chi connectivity index (χ1v) is 3.96. The minimum Gasteiger partial charge on any atom is -0.145 e. The standard InChI is InChI=1S/C3H8O4P2/c1-3(7-9-5)2-6-8-4/h3,8-9H,2H2,1H3/q+2. The molecule has 0 saturated heterocycles. The molecule has 0 bridgehead atoms. The van der Waals surface area contributed by atoms with Gasteiger partial charge in [0.1, 0.15) is 12.7 Å². The van der Waals surface area contributed by atoms with Gasteiger partial charge in [-0.15, -0.1) is 9.05 Å². The van der Waals surface area contributed by atoms with E-state index in [1.807, 2.05) is 0 Å². The highest BCUT2D eigenvalue weighted by Crippen LogP contribution is 2.05. The molecule has 0 fully saturated rings. The van der Waals surface area contributed by atoms with Crippen molar-refractivity contribution in [2.75, 3.05) is 6.61 Å². The summed E-state index contributed by atoms with van der Waals surface area (Å²) in [6.45, 7) is 1.90. The van der Waals surface area contributed by atoms with Gasteiger partial charge < -0.3 is 0 Å². The van der Waals surface area contributed by atoms with Crippen molar-refractivity contribution in [3.05, 3.63) is 0 Å². The molecular formula is C3H8O4P2+2. The Labute approximate surface area is 56.1 Å². The fourth-order valence-electron chi connectivity index (χ4n) is 0.268.